The number of carboxylic acid groups (broad SMARTS) is 1. The number of carbonyl (C=O) groups is 1. The second-order valence-corrected chi connectivity index (χ2v) is 5.64. The van der Waals surface area contributed by atoms with Crippen LogP contribution in [0.4, 0.5) is 0 Å². The van der Waals surface area contributed by atoms with Crippen LogP contribution in [0.2, 0.25) is 0 Å². The zero-order chi connectivity index (χ0) is 13.4. The van der Waals surface area contributed by atoms with Crippen molar-refractivity contribution in [3.8, 4) is 0 Å². The number of rotatable bonds is 4. The smallest absolute Gasteiger partial charge is 0.371 e. The molecule has 3 fully saturated rings. The van der Waals surface area contributed by atoms with Crippen molar-refractivity contribution in [1.82, 2.24) is 10.2 Å². The Balaban J connectivity index is 1.64. The molecule has 5 nitrogen and oxygen atoms in total. The summed E-state index contributed by atoms with van der Waals surface area (Å²) in [6, 6.07) is 3.82. The molecule has 1 aromatic heterocycles. The van der Waals surface area contributed by atoms with Crippen molar-refractivity contribution in [2.24, 2.45) is 5.92 Å². The number of piperidine rings is 3. The summed E-state index contributed by atoms with van der Waals surface area (Å²) in [5.74, 6) is 0.453. The van der Waals surface area contributed by atoms with Crippen LogP contribution in [0, 0.1) is 5.92 Å². The topological polar surface area (TPSA) is 65.7 Å². The molecule has 5 heteroatoms. The van der Waals surface area contributed by atoms with Gasteiger partial charge in [-0.05, 0) is 50.9 Å². The van der Waals surface area contributed by atoms with Gasteiger partial charge in [-0.1, -0.05) is 0 Å². The van der Waals surface area contributed by atoms with E-state index in [-0.39, 0.29) is 11.8 Å². The van der Waals surface area contributed by atoms with Crippen LogP contribution in [-0.4, -0.2) is 41.7 Å². The zero-order valence-corrected chi connectivity index (χ0v) is 11.1. The Labute approximate surface area is 112 Å². The van der Waals surface area contributed by atoms with E-state index in [1.165, 1.54) is 32.0 Å². The predicted molar refractivity (Wildman–Crippen MR) is 70.2 cm³/mol. The maximum atomic E-state index is 10.8. The van der Waals surface area contributed by atoms with Gasteiger partial charge >= 0.3 is 5.97 Å². The van der Waals surface area contributed by atoms with Crippen molar-refractivity contribution in [3.05, 3.63) is 23.7 Å². The number of nitrogens with zero attached hydrogens (tertiary/aromatic N) is 1. The standard InChI is InChI=1S/C14H20N2O3/c1-9(12-2-3-13(19-12)14(17)18)15-11-8-16-6-4-10(11)5-7-16/h2-3,9-11,15H,4-8H2,1H3,(H,17,18). The summed E-state index contributed by atoms with van der Waals surface area (Å²) in [6.07, 6.45) is 2.53. The molecular weight excluding hydrogens is 244 g/mol. The molecule has 1 aromatic rings. The normalized spacial score (nSPS) is 31.3. The van der Waals surface area contributed by atoms with E-state index in [2.05, 4.69) is 10.2 Å². The lowest BCUT2D eigenvalue weighted by Gasteiger charge is -2.45. The van der Waals surface area contributed by atoms with Crippen LogP contribution in [0.1, 0.15) is 42.1 Å². The number of carboxylic acids is 1. The first-order valence-corrected chi connectivity index (χ1v) is 6.95. The van der Waals surface area contributed by atoms with E-state index < -0.39 is 5.97 Å². The highest BCUT2D eigenvalue weighted by Gasteiger charge is 2.34. The van der Waals surface area contributed by atoms with E-state index in [4.69, 9.17) is 9.52 Å². The average Bonchev–Trinajstić information content (AvgIpc) is 2.90. The van der Waals surface area contributed by atoms with Gasteiger partial charge in [0.15, 0.2) is 0 Å². The first-order chi connectivity index (χ1) is 9.13. The van der Waals surface area contributed by atoms with Crippen molar-refractivity contribution < 1.29 is 14.3 Å². The summed E-state index contributed by atoms with van der Waals surface area (Å²) < 4.78 is 5.35. The average molecular weight is 264 g/mol. The van der Waals surface area contributed by atoms with Crippen LogP contribution in [-0.2, 0) is 0 Å². The van der Waals surface area contributed by atoms with E-state index in [0.29, 0.717) is 11.8 Å². The van der Waals surface area contributed by atoms with E-state index in [1.54, 1.807) is 6.07 Å². The van der Waals surface area contributed by atoms with Crippen molar-refractivity contribution in [1.29, 1.82) is 0 Å². The third-order valence-corrected chi connectivity index (χ3v) is 4.38. The maximum Gasteiger partial charge on any atom is 0.371 e. The molecule has 3 aliphatic rings. The number of hydrogen-bond acceptors (Lipinski definition) is 4. The molecule has 19 heavy (non-hydrogen) atoms. The van der Waals surface area contributed by atoms with Gasteiger partial charge in [0, 0.05) is 12.6 Å². The summed E-state index contributed by atoms with van der Waals surface area (Å²) in [6.45, 7) is 5.58. The van der Waals surface area contributed by atoms with Gasteiger partial charge in [-0.15, -0.1) is 0 Å². The Kier molecular flexibility index (Phi) is 3.33. The number of aromatic carboxylic acids is 1. The monoisotopic (exact) mass is 264 g/mol. The SMILES string of the molecule is CC(NC1CN2CCC1CC2)c1ccc(C(=O)O)o1. The Morgan fingerprint density at radius 1 is 1.47 bits per heavy atom. The Morgan fingerprint density at radius 3 is 2.74 bits per heavy atom. The van der Waals surface area contributed by atoms with Crippen molar-refractivity contribution in [3.63, 3.8) is 0 Å². The highest BCUT2D eigenvalue weighted by Crippen LogP contribution is 2.29. The molecule has 4 rings (SSSR count). The molecule has 2 N–H and O–H groups in total. The first kappa shape index (κ1) is 12.7. The van der Waals surface area contributed by atoms with Crippen LogP contribution in [0.5, 0.6) is 0 Å². The Hall–Kier alpha value is -1.33. The van der Waals surface area contributed by atoms with Crippen LogP contribution < -0.4 is 5.32 Å². The molecule has 0 aromatic carbocycles. The predicted octanol–water partition coefficient (Wildman–Crippen LogP) is 1.72. The molecule has 104 valence electrons. The van der Waals surface area contributed by atoms with Gasteiger partial charge in [0.25, 0.3) is 0 Å². The molecule has 3 saturated heterocycles. The molecule has 0 aliphatic carbocycles. The lowest BCUT2D eigenvalue weighted by Crippen LogP contribution is -2.56. The molecule has 2 bridgehead atoms. The minimum Gasteiger partial charge on any atom is -0.475 e. The molecule has 3 aliphatic heterocycles. The van der Waals surface area contributed by atoms with Gasteiger partial charge in [-0.25, -0.2) is 4.79 Å². The van der Waals surface area contributed by atoms with Gasteiger partial charge in [-0.2, -0.15) is 0 Å². The summed E-state index contributed by atoms with van der Waals surface area (Å²) >= 11 is 0. The zero-order valence-electron chi connectivity index (χ0n) is 11.1. The molecule has 2 atom stereocenters. The minimum atomic E-state index is -1.01. The van der Waals surface area contributed by atoms with Crippen molar-refractivity contribution in [2.75, 3.05) is 19.6 Å². The third-order valence-electron chi connectivity index (χ3n) is 4.38. The van der Waals surface area contributed by atoms with Gasteiger partial charge in [0.1, 0.15) is 5.76 Å². The molecular formula is C14H20N2O3. The number of hydrogen-bond donors (Lipinski definition) is 2. The fourth-order valence-electron chi connectivity index (χ4n) is 3.26. The summed E-state index contributed by atoms with van der Waals surface area (Å²) in [5.41, 5.74) is 0. The fraction of sp³-hybridized carbons (Fsp3) is 0.643. The van der Waals surface area contributed by atoms with E-state index >= 15 is 0 Å². The number of nitrogens with one attached hydrogen (secondary N) is 1. The van der Waals surface area contributed by atoms with Gasteiger partial charge in [0.05, 0.1) is 6.04 Å². The largest absolute Gasteiger partial charge is 0.475 e. The number of fused-ring (bicyclic) bond motifs is 3. The Bertz CT molecular complexity index is 463. The second-order valence-electron chi connectivity index (χ2n) is 5.64. The lowest BCUT2D eigenvalue weighted by atomic mass is 9.83. The molecule has 2 unspecified atom stereocenters. The van der Waals surface area contributed by atoms with Gasteiger partial charge in [-0.3, -0.25) is 0 Å². The van der Waals surface area contributed by atoms with Crippen LogP contribution in [0.3, 0.4) is 0 Å². The van der Waals surface area contributed by atoms with Crippen LogP contribution >= 0.6 is 0 Å². The number of furan rings is 1. The van der Waals surface area contributed by atoms with E-state index in [1.807, 2.05) is 6.92 Å². The van der Waals surface area contributed by atoms with Gasteiger partial charge < -0.3 is 19.7 Å². The first-order valence-electron chi connectivity index (χ1n) is 6.95. The quantitative estimate of drug-likeness (QED) is 0.867. The summed E-state index contributed by atoms with van der Waals surface area (Å²) in [7, 11) is 0. The van der Waals surface area contributed by atoms with Crippen molar-refractivity contribution >= 4 is 5.97 Å². The minimum absolute atomic E-state index is 0.0116. The molecule has 0 saturated carbocycles. The second kappa shape index (κ2) is 4.98. The lowest BCUT2D eigenvalue weighted by molar-refractivity contribution is 0.0637. The van der Waals surface area contributed by atoms with E-state index in [0.717, 1.165) is 12.5 Å². The molecule has 0 spiro atoms. The maximum absolute atomic E-state index is 10.8. The molecule has 0 amide bonds. The van der Waals surface area contributed by atoms with Crippen LogP contribution in [0.25, 0.3) is 0 Å². The van der Waals surface area contributed by atoms with Gasteiger partial charge in [0.2, 0.25) is 5.76 Å². The highest BCUT2D eigenvalue weighted by molar-refractivity contribution is 5.84. The van der Waals surface area contributed by atoms with E-state index in [9.17, 15) is 4.79 Å². The van der Waals surface area contributed by atoms with Crippen LogP contribution in [0.15, 0.2) is 16.5 Å². The Morgan fingerprint density at radius 2 is 2.21 bits per heavy atom. The third kappa shape index (κ3) is 2.53. The fourth-order valence-corrected chi connectivity index (χ4v) is 3.26. The summed E-state index contributed by atoms with van der Waals surface area (Å²) in [4.78, 5) is 13.3. The van der Waals surface area contributed by atoms with Crippen molar-refractivity contribution in [2.45, 2.75) is 31.8 Å². The molecule has 4 heterocycles. The molecule has 0 radical (unpaired) electrons. The highest BCUT2D eigenvalue weighted by atomic mass is 16.4. The summed E-state index contributed by atoms with van der Waals surface area (Å²) in [5, 5.41) is 12.5.